The lowest BCUT2D eigenvalue weighted by atomic mass is 10.0. The molecular weight excluding hydrogens is 432 g/mol. The summed E-state index contributed by atoms with van der Waals surface area (Å²) >= 11 is 0. The Morgan fingerprint density at radius 3 is 0.722 bits per heavy atom. The quantitative estimate of drug-likeness (QED) is 0.220. The molecule has 0 nitrogen and oxygen atoms in total. The van der Waals surface area contributed by atoms with Gasteiger partial charge in [-0.25, -0.2) is 0 Å². The third-order valence-corrected chi connectivity index (χ3v) is 5.57. The van der Waals surface area contributed by atoms with Crippen LogP contribution in [-0.2, 0) is 0 Å². The molecule has 0 aromatic heterocycles. The van der Waals surface area contributed by atoms with E-state index >= 15 is 0 Å². The van der Waals surface area contributed by atoms with Crippen LogP contribution in [0.5, 0.6) is 0 Å². The van der Waals surface area contributed by atoms with Crippen LogP contribution in [0.1, 0.15) is 33.4 Å². The monoisotopic (exact) mass is 462 g/mol. The summed E-state index contributed by atoms with van der Waals surface area (Å²) in [5, 5.41) is 0. The molecular formula is C36H30. The van der Waals surface area contributed by atoms with Crippen LogP contribution < -0.4 is 0 Å². The van der Waals surface area contributed by atoms with Crippen molar-refractivity contribution in [2.75, 3.05) is 0 Å². The van der Waals surface area contributed by atoms with E-state index in [0.29, 0.717) is 0 Å². The lowest BCUT2D eigenvalue weighted by Crippen LogP contribution is -1.80. The van der Waals surface area contributed by atoms with Gasteiger partial charge in [0.1, 0.15) is 0 Å². The molecule has 0 aliphatic heterocycles. The molecule has 0 fully saturated rings. The second kappa shape index (κ2) is 13.9. The third-order valence-electron chi connectivity index (χ3n) is 5.57. The van der Waals surface area contributed by atoms with E-state index in [1.807, 2.05) is 48.5 Å². The van der Waals surface area contributed by atoms with E-state index in [2.05, 4.69) is 134 Å². The average molecular weight is 463 g/mol. The molecule has 0 N–H and O–H groups in total. The van der Waals surface area contributed by atoms with E-state index in [-0.39, 0.29) is 0 Å². The van der Waals surface area contributed by atoms with Gasteiger partial charge in [0.2, 0.25) is 0 Å². The Kier molecular flexibility index (Phi) is 9.43. The number of benzene rings is 5. The van der Waals surface area contributed by atoms with Crippen molar-refractivity contribution in [1.29, 1.82) is 0 Å². The van der Waals surface area contributed by atoms with E-state index in [1.165, 1.54) is 33.4 Å². The standard InChI is InChI=1S/C22H18.C14H12/c1-3-9-19(10-4-1)15-17-21-13-7-8-14-22(21)18-16-20-11-5-2-6-12-20;1-3-7-13(8-4-1)11-12-14-9-5-2-6-10-14/h1-18H;1-12H. The van der Waals surface area contributed by atoms with Crippen molar-refractivity contribution in [3.8, 4) is 0 Å². The first-order valence-corrected chi connectivity index (χ1v) is 12.2. The molecule has 0 radical (unpaired) electrons. The first-order valence-electron chi connectivity index (χ1n) is 12.2. The summed E-state index contributed by atoms with van der Waals surface area (Å²) in [6.07, 6.45) is 12.9. The minimum absolute atomic E-state index is 1.21. The van der Waals surface area contributed by atoms with Crippen LogP contribution in [0.4, 0.5) is 0 Å². The van der Waals surface area contributed by atoms with Gasteiger partial charge < -0.3 is 0 Å². The fourth-order valence-corrected chi connectivity index (χ4v) is 3.64. The Balaban J connectivity index is 0.000000187. The minimum Gasteiger partial charge on any atom is -0.0622 e. The van der Waals surface area contributed by atoms with Crippen LogP contribution in [0.25, 0.3) is 36.5 Å². The maximum atomic E-state index is 2.17. The summed E-state index contributed by atoms with van der Waals surface area (Å²) in [4.78, 5) is 0. The molecule has 0 atom stereocenters. The van der Waals surface area contributed by atoms with Gasteiger partial charge in [-0.1, -0.05) is 182 Å². The number of rotatable bonds is 6. The van der Waals surface area contributed by atoms with Crippen molar-refractivity contribution in [2.45, 2.75) is 0 Å². The largest absolute Gasteiger partial charge is 0.0622 e. The maximum absolute atomic E-state index is 2.17. The van der Waals surface area contributed by atoms with Crippen LogP contribution in [0, 0.1) is 0 Å². The summed E-state index contributed by atoms with van der Waals surface area (Å²) in [7, 11) is 0. The second-order valence-corrected chi connectivity index (χ2v) is 8.27. The molecule has 0 spiro atoms. The zero-order valence-corrected chi connectivity index (χ0v) is 20.3. The van der Waals surface area contributed by atoms with Crippen molar-refractivity contribution in [2.24, 2.45) is 0 Å². The number of hydrogen-bond acceptors (Lipinski definition) is 0. The van der Waals surface area contributed by atoms with Gasteiger partial charge in [-0.3, -0.25) is 0 Å². The predicted molar refractivity (Wildman–Crippen MR) is 159 cm³/mol. The van der Waals surface area contributed by atoms with Crippen molar-refractivity contribution in [3.63, 3.8) is 0 Å². The highest BCUT2D eigenvalue weighted by Gasteiger charge is 1.95. The lowest BCUT2D eigenvalue weighted by molar-refractivity contribution is 1.61. The van der Waals surface area contributed by atoms with Gasteiger partial charge >= 0.3 is 0 Å². The Hall–Kier alpha value is -4.68. The van der Waals surface area contributed by atoms with Crippen molar-refractivity contribution < 1.29 is 0 Å². The van der Waals surface area contributed by atoms with E-state index in [0.717, 1.165) is 0 Å². The highest BCUT2D eigenvalue weighted by molar-refractivity contribution is 5.79. The first-order chi connectivity index (χ1) is 17.9. The zero-order valence-electron chi connectivity index (χ0n) is 20.3. The molecule has 0 bridgehead atoms. The van der Waals surface area contributed by atoms with Crippen LogP contribution in [0.15, 0.2) is 146 Å². The average Bonchev–Trinajstić information content (AvgIpc) is 2.97. The Morgan fingerprint density at radius 2 is 0.444 bits per heavy atom. The van der Waals surface area contributed by atoms with Crippen molar-refractivity contribution in [3.05, 3.63) is 179 Å². The van der Waals surface area contributed by atoms with E-state index in [4.69, 9.17) is 0 Å². The van der Waals surface area contributed by atoms with Gasteiger partial charge in [0.15, 0.2) is 0 Å². The summed E-state index contributed by atoms with van der Waals surface area (Å²) in [5.41, 5.74) is 7.33. The third kappa shape index (κ3) is 8.27. The van der Waals surface area contributed by atoms with Gasteiger partial charge in [-0.05, 0) is 33.4 Å². The molecule has 0 saturated carbocycles. The zero-order chi connectivity index (χ0) is 24.7. The normalized spacial score (nSPS) is 11.0. The van der Waals surface area contributed by atoms with Crippen molar-refractivity contribution >= 4 is 36.5 Å². The Morgan fingerprint density at radius 1 is 0.222 bits per heavy atom. The van der Waals surface area contributed by atoms with Crippen LogP contribution in [0.3, 0.4) is 0 Å². The predicted octanol–water partition coefficient (Wildman–Crippen LogP) is 9.88. The SMILES string of the molecule is C(=Cc1ccccc1)c1ccccc1.C(=Cc1ccccc1C=Cc1ccccc1)c1ccccc1. The van der Waals surface area contributed by atoms with Gasteiger partial charge in [0.25, 0.3) is 0 Å². The van der Waals surface area contributed by atoms with Crippen LogP contribution in [-0.4, -0.2) is 0 Å². The molecule has 5 aromatic rings. The van der Waals surface area contributed by atoms with Gasteiger partial charge in [0, 0.05) is 0 Å². The lowest BCUT2D eigenvalue weighted by Gasteiger charge is -2.01. The number of hydrogen-bond donors (Lipinski definition) is 0. The summed E-state index contributed by atoms with van der Waals surface area (Å²) in [5.74, 6) is 0. The van der Waals surface area contributed by atoms with E-state index in [9.17, 15) is 0 Å². The molecule has 0 saturated heterocycles. The molecule has 0 unspecified atom stereocenters. The minimum atomic E-state index is 1.21. The smallest absolute Gasteiger partial charge is 0.0184 e. The highest BCUT2D eigenvalue weighted by Crippen LogP contribution is 2.16. The highest BCUT2D eigenvalue weighted by atomic mass is 14.0. The molecule has 0 heterocycles. The molecule has 5 rings (SSSR count). The summed E-state index contributed by atoms with van der Waals surface area (Å²) in [6.45, 7) is 0. The van der Waals surface area contributed by atoms with Crippen LogP contribution in [0.2, 0.25) is 0 Å². The second-order valence-electron chi connectivity index (χ2n) is 8.27. The molecule has 0 aliphatic carbocycles. The molecule has 5 aromatic carbocycles. The molecule has 0 amide bonds. The molecule has 174 valence electrons. The topological polar surface area (TPSA) is 0 Å². The Bertz CT molecular complexity index is 1270. The van der Waals surface area contributed by atoms with Crippen molar-refractivity contribution in [1.82, 2.24) is 0 Å². The summed E-state index contributed by atoms with van der Waals surface area (Å²) in [6, 6.07) is 49.8. The maximum Gasteiger partial charge on any atom is -0.0184 e. The Labute approximate surface area is 215 Å². The van der Waals surface area contributed by atoms with E-state index in [1.54, 1.807) is 0 Å². The van der Waals surface area contributed by atoms with E-state index < -0.39 is 0 Å². The van der Waals surface area contributed by atoms with Gasteiger partial charge in [0.05, 0.1) is 0 Å². The van der Waals surface area contributed by atoms with Crippen LogP contribution >= 0.6 is 0 Å². The molecule has 0 aliphatic rings. The molecule has 0 heteroatoms. The first kappa shape index (κ1) is 24.4. The van der Waals surface area contributed by atoms with Gasteiger partial charge in [-0.15, -0.1) is 0 Å². The van der Waals surface area contributed by atoms with Gasteiger partial charge in [-0.2, -0.15) is 0 Å². The fraction of sp³-hybridized carbons (Fsp3) is 0. The fourth-order valence-electron chi connectivity index (χ4n) is 3.64. The summed E-state index contributed by atoms with van der Waals surface area (Å²) < 4.78 is 0. The molecule has 36 heavy (non-hydrogen) atoms.